The van der Waals surface area contributed by atoms with E-state index in [1.807, 2.05) is 35.7 Å². The highest BCUT2D eigenvalue weighted by atomic mass is 32.1. The van der Waals surface area contributed by atoms with Crippen molar-refractivity contribution in [2.45, 2.75) is 38.1 Å². The lowest BCUT2D eigenvalue weighted by molar-refractivity contribution is -0.126. The maximum atomic E-state index is 12.6. The Kier molecular flexibility index (Phi) is 4.71. The molecule has 2 aromatic rings. The number of carbonyl (C=O) groups is 2. The molecule has 1 fully saturated rings. The van der Waals surface area contributed by atoms with Gasteiger partial charge in [0.2, 0.25) is 5.91 Å². The molecule has 0 radical (unpaired) electrons. The first kappa shape index (κ1) is 15.7. The van der Waals surface area contributed by atoms with Crippen LogP contribution in [0.1, 0.15) is 49.4 Å². The third-order valence-electron chi connectivity index (χ3n) is 3.77. The SMILES string of the molecule is CCC(=O)N[C@H](C(=O)Nc1nc(C2CC2)cs1)c1ccccc1. The van der Waals surface area contributed by atoms with Gasteiger partial charge in [-0.05, 0) is 18.4 Å². The van der Waals surface area contributed by atoms with Gasteiger partial charge in [0.15, 0.2) is 5.13 Å². The second kappa shape index (κ2) is 6.91. The minimum atomic E-state index is -0.711. The summed E-state index contributed by atoms with van der Waals surface area (Å²) in [6, 6.07) is 8.53. The summed E-state index contributed by atoms with van der Waals surface area (Å²) in [6.45, 7) is 1.76. The number of benzene rings is 1. The van der Waals surface area contributed by atoms with Crippen LogP contribution in [0.2, 0.25) is 0 Å². The van der Waals surface area contributed by atoms with Crippen molar-refractivity contribution in [1.29, 1.82) is 0 Å². The van der Waals surface area contributed by atoms with Crippen LogP contribution in [0, 0.1) is 0 Å². The van der Waals surface area contributed by atoms with E-state index in [1.54, 1.807) is 6.92 Å². The van der Waals surface area contributed by atoms with Gasteiger partial charge in [0.25, 0.3) is 5.91 Å². The molecule has 0 unspecified atom stereocenters. The summed E-state index contributed by atoms with van der Waals surface area (Å²) in [6.07, 6.45) is 2.69. The van der Waals surface area contributed by atoms with Gasteiger partial charge >= 0.3 is 0 Å². The van der Waals surface area contributed by atoms with Gasteiger partial charge in [-0.25, -0.2) is 4.98 Å². The average molecular weight is 329 g/mol. The molecule has 0 saturated heterocycles. The number of anilines is 1. The maximum Gasteiger partial charge on any atom is 0.253 e. The van der Waals surface area contributed by atoms with E-state index in [2.05, 4.69) is 15.6 Å². The van der Waals surface area contributed by atoms with E-state index in [4.69, 9.17) is 0 Å². The average Bonchev–Trinajstić information content (AvgIpc) is 3.33. The number of thiazole rings is 1. The van der Waals surface area contributed by atoms with Crippen LogP contribution in [-0.2, 0) is 9.59 Å². The number of amides is 2. The van der Waals surface area contributed by atoms with Gasteiger partial charge in [-0.3, -0.25) is 14.9 Å². The normalized spacial score (nSPS) is 15.0. The molecule has 3 rings (SSSR count). The Morgan fingerprint density at radius 2 is 2.04 bits per heavy atom. The van der Waals surface area contributed by atoms with E-state index in [1.165, 1.54) is 24.2 Å². The van der Waals surface area contributed by atoms with E-state index in [-0.39, 0.29) is 11.8 Å². The van der Waals surface area contributed by atoms with E-state index in [9.17, 15) is 9.59 Å². The van der Waals surface area contributed by atoms with Gasteiger partial charge in [0, 0.05) is 17.7 Å². The van der Waals surface area contributed by atoms with Crippen LogP contribution >= 0.6 is 11.3 Å². The molecule has 5 nitrogen and oxygen atoms in total. The summed E-state index contributed by atoms with van der Waals surface area (Å²) in [7, 11) is 0. The summed E-state index contributed by atoms with van der Waals surface area (Å²) in [5.41, 5.74) is 1.81. The zero-order chi connectivity index (χ0) is 16.2. The quantitative estimate of drug-likeness (QED) is 0.855. The number of rotatable bonds is 6. The Morgan fingerprint density at radius 1 is 1.30 bits per heavy atom. The third-order valence-corrected chi connectivity index (χ3v) is 4.55. The van der Waals surface area contributed by atoms with Crippen molar-refractivity contribution in [2.24, 2.45) is 0 Å². The summed E-state index contributed by atoms with van der Waals surface area (Å²) < 4.78 is 0. The predicted molar refractivity (Wildman–Crippen MR) is 90.3 cm³/mol. The molecule has 1 heterocycles. The molecule has 2 N–H and O–H groups in total. The van der Waals surface area contributed by atoms with Gasteiger partial charge < -0.3 is 5.32 Å². The molecule has 1 saturated carbocycles. The van der Waals surface area contributed by atoms with Crippen LogP contribution in [0.5, 0.6) is 0 Å². The van der Waals surface area contributed by atoms with Crippen molar-refractivity contribution in [3.8, 4) is 0 Å². The van der Waals surface area contributed by atoms with Crippen LogP contribution in [0.15, 0.2) is 35.7 Å². The molecule has 2 amide bonds. The highest BCUT2D eigenvalue weighted by Crippen LogP contribution is 2.40. The lowest BCUT2D eigenvalue weighted by Gasteiger charge is -2.17. The molecule has 0 bridgehead atoms. The zero-order valence-corrected chi connectivity index (χ0v) is 13.7. The number of aromatic nitrogens is 1. The largest absolute Gasteiger partial charge is 0.341 e. The van der Waals surface area contributed by atoms with E-state index in [0.29, 0.717) is 17.5 Å². The molecule has 23 heavy (non-hydrogen) atoms. The number of nitrogens with zero attached hydrogens (tertiary/aromatic N) is 1. The topological polar surface area (TPSA) is 71.1 Å². The first-order valence-corrected chi connectivity index (χ1v) is 8.66. The molecule has 0 spiro atoms. The lowest BCUT2D eigenvalue weighted by Crippen LogP contribution is -2.36. The Morgan fingerprint density at radius 3 is 2.70 bits per heavy atom. The van der Waals surface area contributed by atoms with Crippen LogP contribution in [0.25, 0.3) is 0 Å². The van der Waals surface area contributed by atoms with Crippen LogP contribution in [0.3, 0.4) is 0 Å². The fourth-order valence-electron chi connectivity index (χ4n) is 2.30. The Bertz CT molecular complexity index is 695. The number of hydrogen-bond donors (Lipinski definition) is 2. The minimum Gasteiger partial charge on any atom is -0.341 e. The smallest absolute Gasteiger partial charge is 0.253 e. The molecular weight excluding hydrogens is 310 g/mol. The number of carbonyl (C=O) groups excluding carboxylic acids is 2. The van der Waals surface area contributed by atoms with Crippen molar-refractivity contribution in [3.05, 3.63) is 47.0 Å². The van der Waals surface area contributed by atoms with Crippen molar-refractivity contribution in [3.63, 3.8) is 0 Å². The van der Waals surface area contributed by atoms with Crippen LogP contribution in [-0.4, -0.2) is 16.8 Å². The predicted octanol–water partition coefficient (Wildman–Crippen LogP) is 3.23. The first-order chi connectivity index (χ1) is 11.2. The summed E-state index contributed by atoms with van der Waals surface area (Å²) in [4.78, 5) is 28.8. The Balaban J connectivity index is 1.74. The lowest BCUT2D eigenvalue weighted by atomic mass is 10.1. The number of nitrogens with one attached hydrogen (secondary N) is 2. The summed E-state index contributed by atoms with van der Waals surface area (Å²) >= 11 is 1.43. The molecule has 120 valence electrons. The van der Waals surface area contributed by atoms with Gasteiger partial charge in [-0.1, -0.05) is 37.3 Å². The summed E-state index contributed by atoms with van der Waals surface area (Å²) in [5, 5.41) is 8.18. The molecule has 1 aromatic carbocycles. The van der Waals surface area contributed by atoms with E-state index >= 15 is 0 Å². The fourth-order valence-corrected chi connectivity index (χ4v) is 3.09. The van der Waals surface area contributed by atoms with E-state index < -0.39 is 6.04 Å². The standard InChI is InChI=1S/C17H19N3O2S/c1-2-14(21)19-15(12-6-4-3-5-7-12)16(22)20-17-18-13(10-23-17)11-8-9-11/h3-7,10-11,15H,2,8-9H2,1H3,(H,19,21)(H,18,20,22)/t15-/m0/s1. The molecule has 1 aliphatic rings. The molecule has 1 aromatic heterocycles. The first-order valence-electron chi connectivity index (χ1n) is 7.78. The van der Waals surface area contributed by atoms with Gasteiger partial charge in [-0.15, -0.1) is 11.3 Å². The fraction of sp³-hybridized carbons (Fsp3) is 0.353. The third kappa shape index (κ3) is 3.96. The minimum absolute atomic E-state index is 0.160. The zero-order valence-electron chi connectivity index (χ0n) is 12.9. The molecular formula is C17H19N3O2S. The monoisotopic (exact) mass is 329 g/mol. The highest BCUT2D eigenvalue weighted by molar-refractivity contribution is 7.13. The van der Waals surface area contributed by atoms with Crippen molar-refractivity contribution in [1.82, 2.24) is 10.3 Å². The molecule has 0 aliphatic heterocycles. The Labute approximate surface area is 139 Å². The second-order valence-electron chi connectivity index (χ2n) is 5.61. The van der Waals surface area contributed by atoms with Crippen molar-refractivity contribution < 1.29 is 9.59 Å². The molecule has 1 atom stereocenters. The second-order valence-corrected chi connectivity index (χ2v) is 6.46. The highest BCUT2D eigenvalue weighted by Gasteiger charge is 2.27. The van der Waals surface area contributed by atoms with E-state index in [0.717, 1.165) is 11.3 Å². The summed E-state index contributed by atoms with van der Waals surface area (Å²) in [5.74, 6) is 0.128. The molecule has 1 aliphatic carbocycles. The van der Waals surface area contributed by atoms with Gasteiger partial charge in [-0.2, -0.15) is 0 Å². The van der Waals surface area contributed by atoms with Crippen molar-refractivity contribution >= 4 is 28.3 Å². The van der Waals surface area contributed by atoms with Crippen LogP contribution < -0.4 is 10.6 Å². The Hall–Kier alpha value is -2.21. The van der Waals surface area contributed by atoms with Crippen molar-refractivity contribution in [2.75, 3.05) is 5.32 Å². The number of hydrogen-bond acceptors (Lipinski definition) is 4. The van der Waals surface area contributed by atoms with Crippen LogP contribution in [0.4, 0.5) is 5.13 Å². The van der Waals surface area contributed by atoms with Gasteiger partial charge in [0.05, 0.1) is 5.69 Å². The maximum absolute atomic E-state index is 12.6. The van der Waals surface area contributed by atoms with Gasteiger partial charge in [0.1, 0.15) is 6.04 Å². The molecule has 6 heteroatoms.